The lowest BCUT2D eigenvalue weighted by Gasteiger charge is -2.33. The number of piperazine rings is 1. The number of benzene rings is 2. The fourth-order valence-electron chi connectivity index (χ4n) is 3.96. The zero-order chi connectivity index (χ0) is 23.5. The molecule has 0 bridgehead atoms. The van der Waals surface area contributed by atoms with Gasteiger partial charge in [0.1, 0.15) is 0 Å². The number of sulfonamides is 1. The van der Waals surface area contributed by atoms with E-state index >= 15 is 0 Å². The van der Waals surface area contributed by atoms with E-state index in [1.807, 2.05) is 11.0 Å². The molecule has 1 heterocycles. The molecule has 0 saturated carbocycles. The zero-order valence-electron chi connectivity index (χ0n) is 19.1. The molecule has 174 valence electrons. The molecule has 2 aromatic carbocycles. The number of para-hydroxylation sites is 1. The summed E-state index contributed by atoms with van der Waals surface area (Å²) in [4.78, 5) is 15.1. The lowest BCUT2D eigenvalue weighted by atomic mass is 9.92. The van der Waals surface area contributed by atoms with Crippen LogP contribution in [0, 0.1) is 0 Å². The summed E-state index contributed by atoms with van der Waals surface area (Å²) in [6, 6.07) is 12.4. The Labute approximate surface area is 196 Å². The fourth-order valence-corrected chi connectivity index (χ4v) is 5.51. The van der Waals surface area contributed by atoms with Crippen LogP contribution in [-0.2, 0) is 14.8 Å². The molecule has 0 aliphatic carbocycles. The lowest BCUT2D eigenvalue weighted by Crippen LogP contribution is -2.50. The normalized spacial score (nSPS) is 16.0. The Balaban J connectivity index is 1.63. The van der Waals surface area contributed by atoms with Gasteiger partial charge in [-0.25, -0.2) is 8.42 Å². The van der Waals surface area contributed by atoms with Gasteiger partial charge in [-0.2, -0.15) is 4.31 Å². The Morgan fingerprint density at radius 1 is 0.938 bits per heavy atom. The molecule has 1 amide bonds. The van der Waals surface area contributed by atoms with Gasteiger partial charge in [0.2, 0.25) is 15.9 Å². The Morgan fingerprint density at radius 3 is 1.97 bits per heavy atom. The van der Waals surface area contributed by atoms with E-state index in [-0.39, 0.29) is 17.3 Å². The molecule has 1 aliphatic rings. The quantitative estimate of drug-likeness (QED) is 0.636. The molecule has 1 N–H and O–H groups in total. The summed E-state index contributed by atoms with van der Waals surface area (Å²) in [5.41, 5.74) is 3.17. The molecule has 2 aromatic rings. The van der Waals surface area contributed by atoms with Gasteiger partial charge in [0, 0.05) is 36.9 Å². The van der Waals surface area contributed by atoms with Crippen molar-refractivity contribution in [1.29, 1.82) is 0 Å². The number of hydrogen-bond acceptors (Lipinski definition) is 4. The molecular weight excluding hydrogens is 446 g/mol. The van der Waals surface area contributed by atoms with Gasteiger partial charge in [-0.05, 0) is 47.2 Å². The van der Waals surface area contributed by atoms with Crippen LogP contribution >= 0.6 is 11.6 Å². The molecule has 0 atom stereocenters. The number of anilines is 1. The van der Waals surface area contributed by atoms with Crippen molar-refractivity contribution in [2.24, 2.45) is 0 Å². The average molecular weight is 478 g/mol. The number of carbonyl (C=O) groups is 1. The van der Waals surface area contributed by atoms with Crippen LogP contribution in [0.5, 0.6) is 0 Å². The summed E-state index contributed by atoms with van der Waals surface area (Å²) in [6.45, 7) is 10.4. The minimum absolute atomic E-state index is 0.0750. The number of nitrogens with zero attached hydrogens (tertiary/aromatic N) is 2. The number of amides is 1. The summed E-state index contributed by atoms with van der Waals surface area (Å²) in [5.74, 6) is 0.519. The molecule has 6 nitrogen and oxygen atoms in total. The van der Waals surface area contributed by atoms with E-state index in [2.05, 4.69) is 45.1 Å². The maximum Gasteiger partial charge on any atom is 0.243 e. The van der Waals surface area contributed by atoms with Crippen LogP contribution in [0.3, 0.4) is 0 Å². The number of nitrogens with one attached hydrogen (secondary N) is 1. The van der Waals surface area contributed by atoms with E-state index in [0.717, 1.165) is 16.8 Å². The first kappa shape index (κ1) is 24.7. The molecule has 0 spiro atoms. The topological polar surface area (TPSA) is 69.7 Å². The third-order valence-electron chi connectivity index (χ3n) is 5.79. The van der Waals surface area contributed by atoms with E-state index in [4.69, 9.17) is 11.6 Å². The van der Waals surface area contributed by atoms with Crippen LogP contribution in [0.15, 0.2) is 47.4 Å². The van der Waals surface area contributed by atoms with Gasteiger partial charge in [0.05, 0.1) is 11.4 Å². The average Bonchev–Trinajstić information content (AvgIpc) is 2.74. The van der Waals surface area contributed by atoms with Gasteiger partial charge in [-0.1, -0.05) is 57.5 Å². The van der Waals surface area contributed by atoms with Crippen LogP contribution in [0.25, 0.3) is 0 Å². The molecule has 1 aliphatic heterocycles. The van der Waals surface area contributed by atoms with E-state index in [9.17, 15) is 13.2 Å². The van der Waals surface area contributed by atoms with Crippen molar-refractivity contribution in [3.05, 3.63) is 58.6 Å². The number of rotatable bonds is 7. The third-order valence-corrected chi connectivity index (χ3v) is 7.95. The Hall–Kier alpha value is -1.93. The second kappa shape index (κ2) is 10.3. The second-order valence-corrected chi connectivity index (χ2v) is 11.2. The van der Waals surface area contributed by atoms with Crippen LogP contribution in [0.4, 0.5) is 5.69 Å². The Bertz CT molecular complexity index is 1020. The van der Waals surface area contributed by atoms with Crippen LogP contribution in [0.1, 0.15) is 50.7 Å². The Morgan fingerprint density at radius 2 is 1.47 bits per heavy atom. The zero-order valence-corrected chi connectivity index (χ0v) is 20.7. The second-order valence-electron chi connectivity index (χ2n) is 8.80. The minimum atomic E-state index is -3.56. The van der Waals surface area contributed by atoms with Crippen molar-refractivity contribution >= 4 is 33.2 Å². The van der Waals surface area contributed by atoms with Gasteiger partial charge in [-0.15, -0.1) is 0 Å². The number of carbonyl (C=O) groups excluding carboxylic acids is 1. The largest absolute Gasteiger partial charge is 0.324 e. The van der Waals surface area contributed by atoms with Crippen molar-refractivity contribution in [2.45, 2.75) is 44.4 Å². The van der Waals surface area contributed by atoms with Gasteiger partial charge in [-0.3, -0.25) is 9.69 Å². The highest BCUT2D eigenvalue weighted by molar-refractivity contribution is 7.89. The monoisotopic (exact) mass is 477 g/mol. The first-order valence-corrected chi connectivity index (χ1v) is 12.8. The van der Waals surface area contributed by atoms with Crippen molar-refractivity contribution in [1.82, 2.24) is 9.21 Å². The molecule has 32 heavy (non-hydrogen) atoms. The van der Waals surface area contributed by atoms with Gasteiger partial charge < -0.3 is 5.32 Å². The van der Waals surface area contributed by atoms with E-state index < -0.39 is 10.0 Å². The van der Waals surface area contributed by atoms with Crippen LogP contribution in [0.2, 0.25) is 5.02 Å². The molecule has 1 saturated heterocycles. The number of halogens is 1. The highest BCUT2D eigenvalue weighted by atomic mass is 35.5. The first-order valence-electron chi connectivity index (χ1n) is 11.0. The molecule has 0 aromatic heterocycles. The molecule has 0 unspecified atom stereocenters. The highest BCUT2D eigenvalue weighted by Gasteiger charge is 2.29. The fraction of sp³-hybridized carbons (Fsp3) is 0.458. The first-order chi connectivity index (χ1) is 15.1. The summed E-state index contributed by atoms with van der Waals surface area (Å²) >= 11 is 5.87. The number of hydrogen-bond donors (Lipinski definition) is 1. The minimum Gasteiger partial charge on any atom is -0.324 e. The highest BCUT2D eigenvalue weighted by Crippen LogP contribution is 2.32. The summed E-state index contributed by atoms with van der Waals surface area (Å²) in [5, 5.41) is 3.64. The lowest BCUT2D eigenvalue weighted by molar-refractivity contribution is -0.117. The van der Waals surface area contributed by atoms with E-state index in [1.165, 1.54) is 16.4 Å². The van der Waals surface area contributed by atoms with Gasteiger partial charge in [0.15, 0.2) is 0 Å². The SMILES string of the molecule is CC(C)c1cccc(C(C)C)c1NC(=O)CN1CCN(S(=O)(=O)c2ccc(Cl)cc2)CC1. The molecular formula is C24H32ClN3O3S. The Kier molecular flexibility index (Phi) is 7.98. The van der Waals surface area contributed by atoms with Crippen molar-refractivity contribution in [3.63, 3.8) is 0 Å². The van der Waals surface area contributed by atoms with Crippen molar-refractivity contribution in [3.8, 4) is 0 Å². The van der Waals surface area contributed by atoms with Crippen LogP contribution < -0.4 is 5.32 Å². The maximum atomic E-state index is 12.9. The van der Waals surface area contributed by atoms with Gasteiger partial charge >= 0.3 is 0 Å². The summed E-state index contributed by atoms with van der Waals surface area (Å²) < 4.78 is 27.2. The smallest absolute Gasteiger partial charge is 0.243 e. The summed E-state index contributed by atoms with van der Waals surface area (Å²) in [7, 11) is -3.56. The summed E-state index contributed by atoms with van der Waals surface area (Å²) in [6.07, 6.45) is 0. The standard InChI is InChI=1S/C24H32ClN3O3S/c1-17(2)21-6-5-7-22(18(3)4)24(21)26-23(29)16-27-12-14-28(15-13-27)32(30,31)20-10-8-19(25)9-11-20/h5-11,17-18H,12-16H2,1-4H3,(H,26,29). The molecule has 0 radical (unpaired) electrons. The predicted octanol–water partition coefficient (Wildman–Crippen LogP) is 4.53. The van der Waals surface area contributed by atoms with Crippen molar-refractivity contribution < 1.29 is 13.2 Å². The molecule has 8 heteroatoms. The van der Waals surface area contributed by atoms with E-state index in [0.29, 0.717) is 43.0 Å². The van der Waals surface area contributed by atoms with Crippen LogP contribution in [-0.4, -0.2) is 56.3 Å². The maximum absolute atomic E-state index is 12.9. The predicted molar refractivity (Wildman–Crippen MR) is 130 cm³/mol. The third kappa shape index (κ3) is 5.70. The molecule has 3 rings (SSSR count). The molecule has 1 fully saturated rings. The van der Waals surface area contributed by atoms with E-state index in [1.54, 1.807) is 12.1 Å². The van der Waals surface area contributed by atoms with Gasteiger partial charge in [0.25, 0.3) is 0 Å². The van der Waals surface area contributed by atoms with Crippen molar-refractivity contribution in [2.75, 3.05) is 38.0 Å².